The number of carbonyl (C=O) groups is 2. The van der Waals surface area contributed by atoms with Crippen LogP contribution in [-0.4, -0.2) is 29.8 Å². The standard InChI is InChI=1S/C20H30N2O2/c1-4-22(5-2)20(24)18-11-9-17(10-12-18)19(23)21-14-16-8-6-7-15(3)13-16/h6-8,13,17-18H,4-5,9-12,14H2,1-3H3,(H,21,23). The molecule has 132 valence electrons. The molecule has 0 atom stereocenters. The molecular weight excluding hydrogens is 300 g/mol. The Kier molecular flexibility index (Phi) is 6.83. The fraction of sp³-hybridized carbons (Fsp3) is 0.600. The maximum atomic E-state index is 12.4. The predicted octanol–water partition coefficient (Wildman–Crippen LogP) is 3.29. The maximum absolute atomic E-state index is 12.4. The summed E-state index contributed by atoms with van der Waals surface area (Å²) in [5.41, 5.74) is 2.34. The summed E-state index contributed by atoms with van der Waals surface area (Å²) in [5, 5.41) is 3.05. The molecule has 4 heteroatoms. The van der Waals surface area contributed by atoms with Gasteiger partial charge in [0.25, 0.3) is 0 Å². The molecule has 1 aromatic rings. The Morgan fingerprint density at radius 1 is 1.08 bits per heavy atom. The molecule has 0 spiro atoms. The second-order valence-electron chi connectivity index (χ2n) is 6.77. The van der Waals surface area contributed by atoms with Gasteiger partial charge in [-0.2, -0.15) is 0 Å². The molecule has 2 rings (SSSR count). The summed E-state index contributed by atoms with van der Waals surface area (Å²) < 4.78 is 0. The first kappa shape index (κ1) is 18.5. The summed E-state index contributed by atoms with van der Waals surface area (Å²) in [7, 11) is 0. The SMILES string of the molecule is CCN(CC)C(=O)C1CCC(C(=O)NCc2cccc(C)c2)CC1. The van der Waals surface area contributed by atoms with Crippen LogP contribution < -0.4 is 5.32 Å². The van der Waals surface area contributed by atoms with Gasteiger partial charge in [0.1, 0.15) is 0 Å². The largest absolute Gasteiger partial charge is 0.352 e. The number of carbonyl (C=O) groups excluding carboxylic acids is 2. The lowest BCUT2D eigenvalue weighted by molar-refractivity contribution is -0.138. The van der Waals surface area contributed by atoms with Gasteiger partial charge in [-0.3, -0.25) is 9.59 Å². The Bertz CT molecular complexity index is 559. The lowest BCUT2D eigenvalue weighted by Crippen LogP contribution is -2.39. The number of amides is 2. The van der Waals surface area contributed by atoms with Gasteiger partial charge in [-0.1, -0.05) is 29.8 Å². The van der Waals surface area contributed by atoms with Crippen molar-refractivity contribution in [2.45, 2.75) is 53.0 Å². The van der Waals surface area contributed by atoms with Crippen molar-refractivity contribution in [3.05, 3.63) is 35.4 Å². The molecule has 1 saturated carbocycles. The monoisotopic (exact) mass is 330 g/mol. The molecule has 0 aliphatic heterocycles. The third-order valence-electron chi connectivity index (χ3n) is 5.07. The van der Waals surface area contributed by atoms with Crippen LogP contribution in [0.2, 0.25) is 0 Å². The zero-order valence-corrected chi connectivity index (χ0v) is 15.2. The highest BCUT2D eigenvalue weighted by Crippen LogP contribution is 2.30. The van der Waals surface area contributed by atoms with Crippen LogP contribution in [-0.2, 0) is 16.1 Å². The average Bonchev–Trinajstić information content (AvgIpc) is 2.61. The average molecular weight is 330 g/mol. The number of hydrogen-bond donors (Lipinski definition) is 1. The molecule has 0 bridgehead atoms. The number of hydrogen-bond acceptors (Lipinski definition) is 2. The van der Waals surface area contributed by atoms with Crippen molar-refractivity contribution in [2.24, 2.45) is 11.8 Å². The number of nitrogens with zero attached hydrogens (tertiary/aromatic N) is 1. The van der Waals surface area contributed by atoms with Gasteiger partial charge in [-0.15, -0.1) is 0 Å². The third-order valence-corrected chi connectivity index (χ3v) is 5.07. The summed E-state index contributed by atoms with van der Waals surface area (Å²) >= 11 is 0. The van der Waals surface area contributed by atoms with Crippen LogP contribution in [0, 0.1) is 18.8 Å². The van der Waals surface area contributed by atoms with Gasteiger partial charge < -0.3 is 10.2 Å². The summed E-state index contributed by atoms with van der Waals surface area (Å²) in [6.45, 7) is 8.22. The number of aryl methyl sites for hydroxylation is 1. The first-order valence-electron chi connectivity index (χ1n) is 9.17. The molecule has 0 heterocycles. The van der Waals surface area contributed by atoms with Crippen molar-refractivity contribution >= 4 is 11.8 Å². The number of benzene rings is 1. The molecule has 24 heavy (non-hydrogen) atoms. The lowest BCUT2D eigenvalue weighted by Gasteiger charge is -2.30. The van der Waals surface area contributed by atoms with Crippen LogP contribution in [0.1, 0.15) is 50.7 Å². The van der Waals surface area contributed by atoms with E-state index in [0.717, 1.165) is 44.3 Å². The van der Waals surface area contributed by atoms with Gasteiger partial charge in [-0.25, -0.2) is 0 Å². The molecule has 2 amide bonds. The second kappa shape index (κ2) is 8.86. The third kappa shape index (κ3) is 4.83. The minimum absolute atomic E-state index is 0.0514. The van der Waals surface area contributed by atoms with Crippen LogP contribution in [0.4, 0.5) is 0 Å². The van der Waals surface area contributed by atoms with E-state index in [1.54, 1.807) is 0 Å². The van der Waals surface area contributed by atoms with E-state index in [1.807, 2.05) is 30.9 Å². The van der Waals surface area contributed by atoms with Gasteiger partial charge in [0.05, 0.1) is 0 Å². The van der Waals surface area contributed by atoms with Crippen molar-refractivity contribution in [3.63, 3.8) is 0 Å². The highest BCUT2D eigenvalue weighted by atomic mass is 16.2. The van der Waals surface area contributed by atoms with E-state index in [-0.39, 0.29) is 23.7 Å². The maximum Gasteiger partial charge on any atom is 0.225 e. The summed E-state index contributed by atoms with van der Waals surface area (Å²) in [6, 6.07) is 8.20. The van der Waals surface area contributed by atoms with Crippen LogP contribution >= 0.6 is 0 Å². The number of rotatable bonds is 6. The number of nitrogens with one attached hydrogen (secondary N) is 1. The molecule has 1 aromatic carbocycles. The molecule has 1 N–H and O–H groups in total. The fourth-order valence-corrected chi connectivity index (χ4v) is 3.55. The Hall–Kier alpha value is -1.84. The molecule has 1 fully saturated rings. The van der Waals surface area contributed by atoms with Crippen LogP contribution in [0.15, 0.2) is 24.3 Å². The lowest BCUT2D eigenvalue weighted by atomic mass is 9.81. The van der Waals surface area contributed by atoms with Crippen molar-refractivity contribution in [3.8, 4) is 0 Å². The van der Waals surface area contributed by atoms with Crippen LogP contribution in [0.5, 0.6) is 0 Å². The molecular formula is C20H30N2O2. The molecule has 0 saturated heterocycles. The van der Waals surface area contributed by atoms with E-state index in [0.29, 0.717) is 6.54 Å². The minimum atomic E-state index is 0.0514. The first-order valence-corrected chi connectivity index (χ1v) is 9.17. The summed E-state index contributed by atoms with van der Waals surface area (Å²) in [5.74, 6) is 0.546. The van der Waals surface area contributed by atoms with Crippen LogP contribution in [0.3, 0.4) is 0 Å². The van der Waals surface area contributed by atoms with Crippen molar-refractivity contribution < 1.29 is 9.59 Å². The first-order chi connectivity index (χ1) is 11.5. The molecule has 1 aliphatic carbocycles. The van der Waals surface area contributed by atoms with Crippen molar-refractivity contribution in [1.82, 2.24) is 10.2 Å². The molecule has 0 radical (unpaired) electrons. The smallest absolute Gasteiger partial charge is 0.225 e. The van der Waals surface area contributed by atoms with Gasteiger partial charge in [0, 0.05) is 31.5 Å². The van der Waals surface area contributed by atoms with Gasteiger partial charge in [0.2, 0.25) is 11.8 Å². The van der Waals surface area contributed by atoms with Gasteiger partial charge in [-0.05, 0) is 52.0 Å². The summed E-state index contributed by atoms with van der Waals surface area (Å²) in [4.78, 5) is 26.7. The fourth-order valence-electron chi connectivity index (χ4n) is 3.55. The molecule has 1 aliphatic rings. The van der Waals surface area contributed by atoms with E-state index in [1.165, 1.54) is 5.56 Å². The van der Waals surface area contributed by atoms with E-state index < -0.39 is 0 Å². The zero-order valence-electron chi connectivity index (χ0n) is 15.2. The Morgan fingerprint density at radius 3 is 2.29 bits per heavy atom. The Balaban J connectivity index is 1.79. The molecule has 0 aromatic heterocycles. The Labute approximate surface area is 145 Å². The van der Waals surface area contributed by atoms with Gasteiger partial charge in [0.15, 0.2) is 0 Å². The molecule has 4 nitrogen and oxygen atoms in total. The van der Waals surface area contributed by atoms with Crippen molar-refractivity contribution in [2.75, 3.05) is 13.1 Å². The van der Waals surface area contributed by atoms with E-state index in [9.17, 15) is 9.59 Å². The van der Waals surface area contributed by atoms with E-state index in [4.69, 9.17) is 0 Å². The minimum Gasteiger partial charge on any atom is -0.352 e. The highest BCUT2D eigenvalue weighted by molar-refractivity contribution is 5.81. The van der Waals surface area contributed by atoms with Crippen molar-refractivity contribution in [1.29, 1.82) is 0 Å². The quantitative estimate of drug-likeness (QED) is 0.870. The highest BCUT2D eigenvalue weighted by Gasteiger charge is 2.31. The summed E-state index contributed by atoms with van der Waals surface area (Å²) in [6.07, 6.45) is 3.30. The van der Waals surface area contributed by atoms with E-state index >= 15 is 0 Å². The molecule has 0 unspecified atom stereocenters. The van der Waals surface area contributed by atoms with Crippen LogP contribution in [0.25, 0.3) is 0 Å². The topological polar surface area (TPSA) is 49.4 Å². The second-order valence-corrected chi connectivity index (χ2v) is 6.77. The van der Waals surface area contributed by atoms with Gasteiger partial charge >= 0.3 is 0 Å². The zero-order chi connectivity index (χ0) is 17.5. The predicted molar refractivity (Wildman–Crippen MR) is 96.4 cm³/mol. The Morgan fingerprint density at radius 2 is 1.71 bits per heavy atom. The van der Waals surface area contributed by atoms with E-state index in [2.05, 4.69) is 24.4 Å². The normalized spacial score (nSPS) is 20.5.